The predicted octanol–water partition coefficient (Wildman–Crippen LogP) is 3.40. The van der Waals surface area contributed by atoms with Gasteiger partial charge in [0.05, 0.1) is 33.3 Å². The minimum atomic E-state index is -0.247. The maximum absolute atomic E-state index is 13.5. The van der Waals surface area contributed by atoms with Crippen molar-refractivity contribution >= 4 is 17.3 Å². The molecule has 0 unspecified atom stereocenters. The number of amides is 1. The lowest BCUT2D eigenvalue weighted by Gasteiger charge is -2.37. The van der Waals surface area contributed by atoms with Crippen molar-refractivity contribution in [3.8, 4) is 5.75 Å². The Labute approximate surface area is 190 Å². The van der Waals surface area contributed by atoms with Crippen molar-refractivity contribution in [2.24, 2.45) is 0 Å². The van der Waals surface area contributed by atoms with Crippen molar-refractivity contribution in [3.63, 3.8) is 0 Å². The summed E-state index contributed by atoms with van der Waals surface area (Å²) in [6, 6.07) is 24.3. The molecule has 0 spiro atoms. The third-order valence-electron chi connectivity index (χ3n) is 6.28. The molecule has 4 rings (SSSR count). The van der Waals surface area contributed by atoms with Crippen LogP contribution < -0.4 is 19.9 Å². The second kappa shape index (κ2) is 9.88. The lowest BCUT2D eigenvalue weighted by atomic mass is 10.0. The van der Waals surface area contributed by atoms with Crippen molar-refractivity contribution in [1.82, 2.24) is 0 Å². The van der Waals surface area contributed by atoms with Crippen molar-refractivity contribution < 1.29 is 14.4 Å². The number of nitrogens with zero attached hydrogens (tertiary/aromatic N) is 1. The average molecular weight is 431 g/mol. The number of anilines is 2. The Morgan fingerprint density at radius 2 is 1.72 bits per heavy atom. The Morgan fingerprint density at radius 1 is 0.969 bits per heavy atom. The van der Waals surface area contributed by atoms with Gasteiger partial charge in [-0.1, -0.05) is 48.5 Å². The maximum Gasteiger partial charge on any atom is 0.287 e. The molecule has 2 N–H and O–H groups in total. The van der Waals surface area contributed by atoms with Crippen molar-refractivity contribution in [3.05, 3.63) is 89.5 Å². The molecule has 5 nitrogen and oxygen atoms in total. The van der Waals surface area contributed by atoms with Gasteiger partial charge in [-0.05, 0) is 43.2 Å². The summed E-state index contributed by atoms with van der Waals surface area (Å²) in [7, 11) is 1.69. The number of piperazine rings is 1. The fraction of sp³-hybridized carbons (Fsp3) is 0.296. The zero-order valence-corrected chi connectivity index (χ0v) is 19.1. The number of carbonyl (C=O) groups excluding carboxylic acids is 1. The van der Waals surface area contributed by atoms with Gasteiger partial charge in [0, 0.05) is 23.0 Å². The van der Waals surface area contributed by atoms with Gasteiger partial charge in [0.25, 0.3) is 5.91 Å². The van der Waals surface area contributed by atoms with Crippen LogP contribution in [0.4, 0.5) is 11.4 Å². The Kier molecular flexibility index (Phi) is 6.76. The highest BCUT2D eigenvalue weighted by atomic mass is 16.5. The summed E-state index contributed by atoms with van der Waals surface area (Å²) in [6.07, 6.45) is 0. The number of ether oxygens (including phenoxy) is 1. The van der Waals surface area contributed by atoms with Gasteiger partial charge in [0.1, 0.15) is 5.75 Å². The van der Waals surface area contributed by atoms with Crippen LogP contribution in [0.15, 0.2) is 72.8 Å². The molecule has 1 fully saturated rings. The van der Waals surface area contributed by atoms with Crippen LogP contribution in [-0.2, 0) is 4.79 Å². The summed E-state index contributed by atoms with van der Waals surface area (Å²) in [4.78, 5) is 17.2. The number of benzene rings is 3. The van der Waals surface area contributed by atoms with E-state index in [-0.39, 0.29) is 11.9 Å². The minimum absolute atomic E-state index is 0.0507. The van der Waals surface area contributed by atoms with E-state index in [0.29, 0.717) is 0 Å². The van der Waals surface area contributed by atoms with Gasteiger partial charge in [-0.15, -0.1) is 0 Å². The summed E-state index contributed by atoms with van der Waals surface area (Å²) in [5.41, 5.74) is 5.33. The van der Waals surface area contributed by atoms with Gasteiger partial charge in [-0.3, -0.25) is 4.79 Å². The number of hydrogen-bond acceptors (Lipinski definition) is 3. The van der Waals surface area contributed by atoms with Crippen LogP contribution in [-0.4, -0.2) is 39.2 Å². The summed E-state index contributed by atoms with van der Waals surface area (Å²) in [6.45, 7) is 7.64. The van der Waals surface area contributed by atoms with E-state index in [2.05, 4.69) is 46.6 Å². The molecule has 166 valence electrons. The predicted molar refractivity (Wildman–Crippen MR) is 130 cm³/mol. The number of carbonyl (C=O) groups is 1. The Balaban J connectivity index is 1.53. The van der Waals surface area contributed by atoms with E-state index in [9.17, 15) is 4.79 Å². The van der Waals surface area contributed by atoms with E-state index in [0.717, 1.165) is 54.3 Å². The summed E-state index contributed by atoms with van der Waals surface area (Å²) >= 11 is 0. The molecule has 1 heterocycles. The van der Waals surface area contributed by atoms with Gasteiger partial charge < -0.3 is 19.9 Å². The van der Waals surface area contributed by atoms with Crippen molar-refractivity contribution in [2.45, 2.75) is 19.9 Å². The van der Waals surface area contributed by atoms with Crippen molar-refractivity contribution in [2.75, 3.05) is 43.5 Å². The van der Waals surface area contributed by atoms with Crippen molar-refractivity contribution in [1.29, 1.82) is 0 Å². The third kappa shape index (κ3) is 4.94. The molecule has 0 aromatic heterocycles. The summed E-state index contributed by atoms with van der Waals surface area (Å²) in [5.74, 6) is 0.919. The number of rotatable bonds is 6. The number of methoxy groups -OCH3 is 1. The molecule has 1 aliphatic heterocycles. The zero-order valence-electron chi connectivity index (χ0n) is 19.1. The van der Waals surface area contributed by atoms with Gasteiger partial charge in [0.15, 0.2) is 6.04 Å². The first kappa shape index (κ1) is 21.9. The molecule has 1 aliphatic rings. The van der Waals surface area contributed by atoms with E-state index in [1.54, 1.807) is 7.11 Å². The van der Waals surface area contributed by atoms with E-state index >= 15 is 0 Å². The largest absolute Gasteiger partial charge is 0.497 e. The molecule has 3 aromatic carbocycles. The Bertz CT molecular complexity index is 1060. The zero-order chi connectivity index (χ0) is 22.5. The first-order chi connectivity index (χ1) is 15.5. The van der Waals surface area contributed by atoms with Crippen LogP contribution in [0.1, 0.15) is 22.7 Å². The highest BCUT2D eigenvalue weighted by molar-refractivity contribution is 5.95. The van der Waals surface area contributed by atoms with Gasteiger partial charge >= 0.3 is 0 Å². The maximum atomic E-state index is 13.5. The standard InChI is InChI=1S/C27H31N3O2/c1-20-12-13-21(2)25(18-20)28-27(31)26(22-8-5-4-6-9-22)30-16-14-29(15-17-30)23-10-7-11-24(19-23)32-3/h4-13,18-19,26H,14-17H2,1-3H3,(H,28,31)/p+1/t26-/m0/s1. The highest BCUT2D eigenvalue weighted by Crippen LogP contribution is 2.22. The van der Waals surface area contributed by atoms with Crippen LogP contribution >= 0.6 is 0 Å². The molecule has 0 saturated carbocycles. The Morgan fingerprint density at radius 3 is 2.44 bits per heavy atom. The van der Waals surface area contributed by atoms with Crippen LogP contribution in [0.3, 0.4) is 0 Å². The minimum Gasteiger partial charge on any atom is -0.497 e. The molecule has 0 radical (unpaired) electrons. The molecule has 5 heteroatoms. The fourth-order valence-electron chi connectivity index (χ4n) is 4.44. The molecule has 0 bridgehead atoms. The molecule has 32 heavy (non-hydrogen) atoms. The number of hydrogen-bond donors (Lipinski definition) is 2. The average Bonchev–Trinajstić information content (AvgIpc) is 2.83. The van der Waals surface area contributed by atoms with Gasteiger partial charge in [-0.2, -0.15) is 0 Å². The van der Waals surface area contributed by atoms with E-state index in [4.69, 9.17) is 4.74 Å². The second-order valence-corrected chi connectivity index (χ2v) is 8.50. The third-order valence-corrected chi connectivity index (χ3v) is 6.28. The number of aryl methyl sites for hydroxylation is 2. The van der Waals surface area contributed by atoms with Gasteiger partial charge in [-0.25, -0.2) is 0 Å². The molecular weight excluding hydrogens is 398 g/mol. The van der Waals surface area contributed by atoms with Crippen LogP contribution in [0.2, 0.25) is 0 Å². The SMILES string of the molecule is COc1cccc(N2CC[NH+]([C@H](C(=O)Nc3cc(C)ccc3C)c3ccccc3)CC2)c1. The molecule has 3 aromatic rings. The second-order valence-electron chi connectivity index (χ2n) is 8.50. The lowest BCUT2D eigenvalue weighted by molar-refractivity contribution is -0.922. The Hall–Kier alpha value is -3.31. The quantitative estimate of drug-likeness (QED) is 0.630. The highest BCUT2D eigenvalue weighted by Gasteiger charge is 2.34. The topological polar surface area (TPSA) is 46.0 Å². The number of nitrogens with one attached hydrogen (secondary N) is 2. The summed E-state index contributed by atoms with van der Waals surface area (Å²) in [5, 5.41) is 3.21. The smallest absolute Gasteiger partial charge is 0.287 e. The monoisotopic (exact) mass is 430 g/mol. The molecular formula is C27H32N3O2+. The first-order valence-electron chi connectivity index (χ1n) is 11.2. The summed E-state index contributed by atoms with van der Waals surface area (Å²) < 4.78 is 5.38. The molecule has 0 aliphatic carbocycles. The fourth-order valence-corrected chi connectivity index (χ4v) is 4.44. The lowest BCUT2D eigenvalue weighted by Crippen LogP contribution is -3.16. The molecule has 1 amide bonds. The number of quaternary nitrogens is 1. The molecule has 1 saturated heterocycles. The molecule has 1 atom stereocenters. The van der Waals surface area contributed by atoms with Crippen LogP contribution in [0.25, 0.3) is 0 Å². The van der Waals surface area contributed by atoms with E-state index in [1.807, 2.05) is 50.2 Å². The normalized spacial score (nSPS) is 15.3. The first-order valence-corrected chi connectivity index (χ1v) is 11.2. The van der Waals surface area contributed by atoms with E-state index < -0.39 is 0 Å². The van der Waals surface area contributed by atoms with E-state index in [1.165, 1.54) is 10.6 Å². The van der Waals surface area contributed by atoms with Crippen LogP contribution in [0, 0.1) is 13.8 Å². The van der Waals surface area contributed by atoms with Gasteiger partial charge in [0.2, 0.25) is 0 Å². The van der Waals surface area contributed by atoms with Crippen LogP contribution in [0.5, 0.6) is 5.75 Å².